The minimum atomic E-state index is -4.40. The summed E-state index contributed by atoms with van der Waals surface area (Å²) in [6, 6.07) is 6.74. The Labute approximate surface area is 163 Å². The zero-order chi connectivity index (χ0) is 19.9. The van der Waals surface area contributed by atoms with Gasteiger partial charge in [0, 0.05) is 13.1 Å². The van der Waals surface area contributed by atoms with Gasteiger partial charge in [0.1, 0.15) is 29.4 Å². The van der Waals surface area contributed by atoms with Crippen LogP contribution in [0.5, 0.6) is 0 Å². The molecule has 0 saturated carbocycles. The number of benzene rings is 1. The molecule has 1 aliphatic heterocycles. The lowest BCUT2D eigenvalue weighted by atomic mass is 9.89. The van der Waals surface area contributed by atoms with E-state index < -0.39 is 12.6 Å². The quantitative estimate of drug-likeness (QED) is 0.597. The largest absolute Gasteiger partial charge is 0.396 e. The van der Waals surface area contributed by atoms with Crippen LogP contribution in [0.1, 0.15) is 30.1 Å². The second-order valence-corrected chi connectivity index (χ2v) is 7.14. The Bertz CT molecular complexity index is 995. The Morgan fingerprint density at radius 1 is 1.11 bits per heavy atom. The molecule has 5 nitrogen and oxygen atoms in total. The van der Waals surface area contributed by atoms with Gasteiger partial charge in [0.25, 0.3) is 0 Å². The normalized spacial score (nSPS) is 16.1. The van der Waals surface area contributed by atoms with Gasteiger partial charge in [-0.1, -0.05) is 29.8 Å². The van der Waals surface area contributed by atoms with E-state index in [0.29, 0.717) is 24.5 Å². The van der Waals surface area contributed by atoms with Crippen LogP contribution in [-0.2, 0) is 6.42 Å². The molecule has 0 spiro atoms. The molecular formula is C18H16ClF4N5. The van der Waals surface area contributed by atoms with Crippen LogP contribution in [0.3, 0.4) is 0 Å². The molecule has 4 rings (SSSR count). The van der Waals surface area contributed by atoms with Gasteiger partial charge in [0.15, 0.2) is 11.5 Å². The number of hydrogen-bond acceptors (Lipinski definition) is 4. The lowest BCUT2D eigenvalue weighted by Gasteiger charge is -2.33. The molecule has 0 aliphatic carbocycles. The Balaban J connectivity index is 1.54. The zero-order valence-corrected chi connectivity index (χ0v) is 15.4. The van der Waals surface area contributed by atoms with Crippen molar-refractivity contribution in [1.82, 2.24) is 19.6 Å². The number of alkyl halides is 3. The maximum Gasteiger partial charge on any atom is 0.396 e. The van der Waals surface area contributed by atoms with Gasteiger partial charge in [-0.15, -0.1) is 10.2 Å². The maximum absolute atomic E-state index is 14.0. The minimum Gasteiger partial charge on any atom is -0.355 e. The summed E-state index contributed by atoms with van der Waals surface area (Å²) in [6.45, 7) is 1.21. The first kappa shape index (κ1) is 18.9. The van der Waals surface area contributed by atoms with E-state index in [0.717, 1.165) is 17.2 Å². The molecule has 1 saturated heterocycles. The van der Waals surface area contributed by atoms with E-state index in [1.54, 1.807) is 12.1 Å². The van der Waals surface area contributed by atoms with Crippen molar-refractivity contribution in [3.63, 3.8) is 0 Å². The second-order valence-electron chi connectivity index (χ2n) is 6.77. The average Bonchev–Trinajstić information content (AvgIpc) is 3.05. The molecule has 1 aromatic carbocycles. The maximum atomic E-state index is 14.0. The van der Waals surface area contributed by atoms with Gasteiger partial charge in [-0.25, -0.2) is 9.37 Å². The fourth-order valence-corrected chi connectivity index (χ4v) is 3.89. The summed E-state index contributed by atoms with van der Waals surface area (Å²) >= 11 is 6.37. The molecule has 148 valence electrons. The van der Waals surface area contributed by atoms with Gasteiger partial charge < -0.3 is 4.90 Å². The predicted octanol–water partition coefficient (Wildman–Crippen LogP) is 4.41. The third-order valence-electron chi connectivity index (χ3n) is 4.95. The van der Waals surface area contributed by atoms with Crippen molar-refractivity contribution in [2.75, 3.05) is 18.0 Å². The van der Waals surface area contributed by atoms with Crippen molar-refractivity contribution in [2.24, 2.45) is 0 Å². The molecule has 0 unspecified atom stereocenters. The van der Waals surface area contributed by atoms with Crippen molar-refractivity contribution >= 4 is 23.1 Å². The monoisotopic (exact) mass is 413 g/mol. The zero-order valence-electron chi connectivity index (χ0n) is 14.6. The highest BCUT2D eigenvalue weighted by Crippen LogP contribution is 2.34. The first-order chi connectivity index (χ1) is 13.3. The van der Waals surface area contributed by atoms with Crippen LogP contribution < -0.4 is 4.90 Å². The molecule has 0 radical (unpaired) electrons. The summed E-state index contributed by atoms with van der Waals surface area (Å²) < 4.78 is 53.1. The van der Waals surface area contributed by atoms with Crippen molar-refractivity contribution in [2.45, 2.75) is 31.4 Å². The van der Waals surface area contributed by atoms with Gasteiger partial charge in [0.05, 0.1) is 0 Å². The number of piperidine rings is 1. The van der Waals surface area contributed by atoms with Gasteiger partial charge in [-0.05, 0) is 30.4 Å². The molecule has 0 bridgehead atoms. The molecule has 0 atom stereocenters. The Morgan fingerprint density at radius 2 is 1.82 bits per heavy atom. The molecule has 3 heterocycles. The lowest BCUT2D eigenvalue weighted by molar-refractivity contribution is -0.128. The molecule has 0 N–H and O–H groups in total. The molecule has 1 aliphatic rings. The highest BCUT2D eigenvalue weighted by molar-refractivity contribution is 6.35. The molecule has 10 heteroatoms. The first-order valence-electron chi connectivity index (χ1n) is 8.78. The number of fused-ring (bicyclic) bond motifs is 1. The molecule has 3 aromatic rings. The number of halogens is 5. The SMILES string of the molecule is Fc1ccccc1C1CCN(c2ncn3c(CC(F)(F)F)nnc3c2Cl)CC1. The van der Waals surface area contributed by atoms with E-state index in [-0.39, 0.29) is 28.2 Å². The van der Waals surface area contributed by atoms with E-state index in [1.807, 2.05) is 11.0 Å². The predicted molar refractivity (Wildman–Crippen MR) is 96.1 cm³/mol. The van der Waals surface area contributed by atoms with Gasteiger partial charge in [0.2, 0.25) is 0 Å². The smallest absolute Gasteiger partial charge is 0.355 e. The molecular weight excluding hydrogens is 398 g/mol. The average molecular weight is 414 g/mol. The van der Waals surface area contributed by atoms with Crippen LogP contribution >= 0.6 is 11.6 Å². The van der Waals surface area contributed by atoms with Gasteiger partial charge in [-0.2, -0.15) is 13.2 Å². The Hall–Kier alpha value is -2.42. The van der Waals surface area contributed by atoms with E-state index >= 15 is 0 Å². The Morgan fingerprint density at radius 3 is 2.50 bits per heavy atom. The molecule has 1 fully saturated rings. The van der Waals surface area contributed by atoms with Crippen LogP contribution in [0, 0.1) is 5.82 Å². The van der Waals surface area contributed by atoms with Crippen LogP contribution in [0.4, 0.5) is 23.4 Å². The fourth-order valence-electron chi connectivity index (χ4n) is 3.59. The number of aromatic nitrogens is 4. The van der Waals surface area contributed by atoms with E-state index in [1.165, 1.54) is 12.4 Å². The topological polar surface area (TPSA) is 46.3 Å². The highest BCUT2D eigenvalue weighted by atomic mass is 35.5. The second kappa shape index (κ2) is 7.20. The summed E-state index contributed by atoms with van der Waals surface area (Å²) in [4.78, 5) is 6.19. The number of nitrogens with zero attached hydrogens (tertiary/aromatic N) is 5. The molecule has 0 amide bonds. The number of rotatable bonds is 3. The van der Waals surface area contributed by atoms with E-state index in [2.05, 4.69) is 15.2 Å². The summed E-state index contributed by atoms with van der Waals surface area (Å²) in [5.41, 5.74) is 0.841. The summed E-state index contributed by atoms with van der Waals surface area (Å²) in [7, 11) is 0. The molecule has 28 heavy (non-hydrogen) atoms. The summed E-state index contributed by atoms with van der Waals surface area (Å²) in [6.07, 6.45) is -2.91. The van der Waals surface area contributed by atoms with Crippen LogP contribution in [0.15, 0.2) is 30.6 Å². The number of hydrogen-bond donors (Lipinski definition) is 0. The first-order valence-corrected chi connectivity index (χ1v) is 9.15. The van der Waals surface area contributed by atoms with Crippen LogP contribution in [0.2, 0.25) is 5.02 Å². The van der Waals surface area contributed by atoms with Crippen LogP contribution in [0.25, 0.3) is 5.65 Å². The van der Waals surface area contributed by atoms with E-state index in [4.69, 9.17) is 11.6 Å². The van der Waals surface area contributed by atoms with Gasteiger partial charge in [-0.3, -0.25) is 4.40 Å². The highest BCUT2D eigenvalue weighted by Gasteiger charge is 2.31. The third-order valence-corrected chi connectivity index (χ3v) is 5.29. The van der Waals surface area contributed by atoms with Crippen LogP contribution in [-0.4, -0.2) is 38.8 Å². The lowest BCUT2D eigenvalue weighted by Crippen LogP contribution is -2.34. The minimum absolute atomic E-state index is 0.103. The van der Waals surface area contributed by atoms with Crippen molar-refractivity contribution < 1.29 is 17.6 Å². The Kier molecular flexibility index (Phi) is 4.86. The fraction of sp³-hybridized carbons (Fsp3) is 0.389. The summed E-state index contributed by atoms with van der Waals surface area (Å²) in [5.74, 6) is 0.0828. The van der Waals surface area contributed by atoms with E-state index in [9.17, 15) is 17.6 Å². The van der Waals surface area contributed by atoms with Crippen molar-refractivity contribution in [1.29, 1.82) is 0 Å². The standard InChI is InChI=1S/C18H16ClF4N5/c19-15-16(24-10-28-14(9-18(21,22)23)25-26-17(15)28)27-7-5-11(6-8-27)12-3-1-2-4-13(12)20/h1-4,10-11H,5-9H2. The number of anilines is 1. The van der Waals surface area contributed by atoms with Gasteiger partial charge >= 0.3 is 6.18 Å². The van der Waals surface area contributed by atoms with Crippen molar-refractivity contribution in [3.05, 3.63) is 52.8 Å². The van der Waals surface area contributed by atoms with Crippen molar-refractivity contribution in [3.8, 4) is 0 Å². The molecule has 2 aromatic heterocycles. The summed E-state index contributed by atoms with van der Waals surface area (Å²) in [5, 5.41) is 7.55. The third kappa shape index (κ3) is 3.63.